The standard InChI is InChI=1S/C16H22FNO/c1-11(2)12(3)18-15(19)16(8-5-9-16)13-6-4-7-14(17)10-13/h4,6-7,10-12H,5,8-9H2,1-3H3,(H,18,19). The number of hydrogen-bond acceptors (Lipinski definition) is 1. The van der Waals surface area contributed by atoms with Gasteiger partial charge in [-0.3, -0.25) is 4.79 Å². The van der Waals surface area contributed by atoms with Crippen molar-refractivity contribution in [3.8, 4) is 0 Å². The first-order valence-electron chi connectivity index (χ1n) is 7.03. The lowest BCUT2D eigenvalue weighted by Gasteiger charge is -2.41. The van der Waals surface area contributed by atoms with Crippen molar-refractivity contribution in [1.29, 1.82) is 0 Å². The molecule has 0 aliphatic heterocycles. The lowest BCUT2D eigenvalue weighted by molar-refractivity contribution is -0.130. The van der Waals surface area contributed by atoms with Crippen LogP contribution >= 0.6 is 0 Å². The van der Waals surface area contributed by atoms with Gasteiger partial charge < -0.3 is 5.32 Å². The molecule has 1 N–H and O–H groups in total. The van der Waals surface area contributed by atoms with E-state index in [0.29, 0.717) is 5.92 Å². The lowest BCUT2D eigenvalue weighted by Crippen LogP contribution is -2.52. The summed E-state index contributed by atoms with van der Waals surface area (Å²) in [5.41, 5.74) is 0.304. The van der Waals surface area contributed by atoms with Crippen LogP contribution in [0.15, 0.2) is 24.3 Å². The van der Waals surface area contributed by atoms with Crippen LogP contribution in [0.1, 0.15) is 45.6 Å². The number of hydrogen-bond donors (Lipinski definition) is 1. The van der Waals surface area contributed by atoms with Gasteiger partial charge in [0.25, 0.3) is 0 Å². The van der Waals surface area contributed by atoms with Crippen molar-refractivity contribution in [2.24, 2.45) is 5.92 Å². The molecule has 2 nitrogen and oxygen atoms in total. The lowest BCUT2D eigenvalue weighted by atomic mass is 9.63. The summed E-state index contributed by atoms with van der Waals surface area (Å²) >= 11 is 0. The molecule has 1 unspecified atom stereocenters. The SMILES string of the molecule is CC(C)C(C)NC(=O)C1(c2cccc(F)c2)CCC1. The van der Waals surface area contributed by atoms with Gasteiger partial charge in [-0.05, 0) is 43.4 Å². The van der Waals surface area contributed by atoms with Gasteiger partial charge in [-0.25, -0.2) is 4.39 Å². The van der Waals surface area contributed by atoms with E-state index in [-0.39, 0.29) is 17.8 Å². The third kappa shape index (κ3) is 2.65. The van der Waals surface area contributed by atoms with Crippen LogP contribution in [-0.2, 0) is 10.2 Å². The van der Waals surface area contributed by atoms with Crippen LogP contribution in [0.4, 0.5) is 4.39 Å². The van der Waals surface area contributed by atoms with Gasteiger partial charge in [-0.2, -0.15) is 0 Å². The van der Waals surface area contributed by atoms with Gasteiger partial charge in [0.2, 0.25) is 5.91 Å². The molecular weight excluding hydrogens is 241 g/mol. The molecule has 0 radical (unpaired) electrons. The number of carbonyl (C=O) groups excluding carboxylic acids is 1. The second-order valence-corrected chi connectivity index (χ2v) is 5.95. The predicted octanol–water partition coefficient (Wildman–Crippen LogP) is 3.41. The van der Waals surface area contributed by atoms with E-state index in [1.165, 1.54) is 12.1 Å². The molecule has 0 bridgehead atoms. The molecule has 1 fully saturated rings. The summed E-state index contributed by atoms with van der Waals surface area (Å²) in [5.74, 6) is 0.174. The number of rotatable bonds is 4. The zero-order valence-corrected chi connectivity index (χ0v) is 11.9. The topological polar surface area (TPSA) is 29.1 Å². The minimum absolute atomic E-state index is 0.0468. The molecule has 3 heteroatoms. The molecule has 1 aromatic rings. The maximum atomic E-state index is 13.4. The average molecular weight is 263 g/mol. The van der Waals surface area contributed by atoms with Gasteiger partial charge in [0.15, 0.2) is 0 Å². The van der Waals surface area contributed by atoms with Crippen LogP contribution < -0.4 is 5.32 Å². The van der Waals surface area contributed by atoms with Crippen LogP contribution in [-0.4, -0.2) is 11.9 Å². The molecule has 0 heterocycles. The molecular formula is C16H22FNO. The highest BCUT2D eigenvalue weighted by atomic mass is 19.1. The largest absolute Gasteiger partial charge is 0.353 e. The normalized spacial score (nSPS) is 18.8. The zero-order chi connectivity index (χ0) is 14.0. The minimum Gasteiger partial charge on any atom is -0.353 e. The van der Waals surface area contributed by atoms with Gasteiger partial charge in [0.1, 0.15) is 5.82 Å². The van der Waals surface area contributed by atoms with Crippen molar-refractivity contribution in [1.82, 2.24) is 5.32 Å². The van der Waals surface area contributed by atoms with Crippen LogP contribution in [0.5, 0.6) is 0 Å². The van der Waals surface area contributed by atoms with Crippen LogP contribution in [0, 0.1) is 11.7 Å². The summed E-state index contributed by atoms with van der Waals surface area (Å²) in [5, 5.41) is 3.08. The fraction of sp³-hybridized carbons (Fsp3) is 0.562. The van der Waals surface area contributed by atoms with Crippen molar-refractivity contribution < 1.29 is 9.18 Å². The van der Waals surface area contributed by atoms with Crippen molar-refractivity contribution in [3.63, 3.8) is 0 Å². The van der Waals surface area contributed by atoms with E-state index in [1.54, 1.807) is 6.07 Å². The maximum Gasteiger partial charge on any atom is 0.230 e. The number of carbonyl (C=O) groups is 1. The fourth-order valence-electron chi connectivity index (χ4n) is 2.47. The highest BCUT2D eigenvalue weighted by Crippen LogP contribution is 2.44. The van der Waals surface area contributed by atoms with E-state index < -0.39 is 5.41 Å². The molecule has 0 aromatic heterocycles. The number of halogens is 1. The Kier molecular flexibility index (Phi) is 3.93. The van der Waals surface area contributed by atoms with Crippen LogP contribution in [0.2, 0.25) is 0 Å². The maximum absolute atomic E-state index is 13.4. The highest BCUT2D eigenvalue weighted by molar-refractivity contribution is 5.89. The Hall–Kier alpha value is -1.38. The molecule has 1 aliphatic rings. The first kappa shape index (κ1) is 14.0. The van der Waals surface area contributed by atoms with E-state index in [1.807, 2.05) is 13.0 Å². The summed E-state index contributed by atoms with van der Waals surface area (Å²) in [6.07, 6.45) is 2.65. The number of benzene rings is 1. The Morgan fingerprint density at radius 1 is 1.32 bits per heavy atom. The Bertz CT molecular complexity index is 466. The molecule has 1 atom stereocenters. The molecule has 104 valence electrons. The van der Waals surface area contributed by atoms with Gasteiger partial charge >= 0.3 is 0 Å². The molecule has 19 heavy (non-hydrogen) atoms. The number of nitrogens with one attached hydrogen (secondary N) is 1. The summed E-state index contributed by atoms with van der Waals surface area (Å²) in [4.78, 5) is 12.5. The van der Waals surface area contributed by atoms with Crippen molar-refractivity contribution in [2.75, 3.05) is 0 Å². The molecule has 0 saturated heterocycles. The number of amides is 1. The molecule has 1 aromatic carbocycles. The van der Waals surface area contributed by atoms with E-state index in [9.17, 15) is 9.18 Å². The molecule has 1 amide bonds. The highest BCUT2D eigenvalue weighted by Gasteiger charge is 2.46. The monoisotopic (exact) mass is 263 g/mol. The molecule has 2 rings (SSSR count). The van der Waals surface area contributed by atoms with Crippen molar-refractivity contribution >= 4 is 5.91 Å². The van der Waals surface area contributed by atoms with E-state index in [0.717, 1.165) is 24.8 Å². The first-order chi connectivity index (χ1) is 8.95. The van der Waals surface area contributed by atoms with E-state index in [4.69, 9.17) is 0 Å². The third-order valence-electron chi connectivity index (χ3n) is 4.38. The summed E-state index contributed by atoms with van der Waals surface area (Å²) in [7, 11) is 0. The zero-order valence-electron chi connectivity index (χ0n) is 11.9. The van der Waals surface area contributed by atoms with Gasteiger partial charge in [0, 0.05) is 6.04 Å². The second kappa shape index (κ2) is 5.32. The minimum atomic E-state index is -0.509. The Balaban J connectivity index is 2.21. The average Bonchev–Trinajstić information content (AvgIpc) is 2.27. The Labute approximate surface area is 114 Å². The Morgan fingerprint density at radius 3 is 2.47 bits per heavy atom. The fourth-order valence-corrected chi connectivity index (χ4v) is 2.47. The molecule has 1 aliphatic carbocycles. The van der Waals surface area contributed by atoms with Crippen LogP contribution in [0.3, 0.4) is 0 Å². The van der Waals surface area contributed by atoms with Gasteiger partial charge in [-0.1, -0.05) is 32.4 Å². The molecule has 1 saturated carbocycles. The van der Waals surface area contributed by atoms with E-state index in [2.05, 4.69) is 19.2 Å². The van der Waals surface area contributed by atoms with Crippen LogP contribution in [0.25, 0.3) is 0 Å². The third-order valence-corrected chi connectivity index (χ3v) is 4.38. The quantitative estimate of drug-likeness (QED) is 0.886. The van der Waals surface area contributed by atoms with E-state index >= 15 is 0 Å². The molecule has 0 spiro atoms. The smallest absolute Gasteiger partial charge is 0.230 e. The van der Waals surface area contributed by atoms with Gasteiger partial charge in [-0.15, -0.1) is 0 Å². The predicted molar refractivity (Wildman–Crippen MR) is 74.4 cm³/mol. The second-order valence-electron chi connectivity index (χ2n) is 5.95. The summed E-state index contributed by atoms with van der Waals surface area (Å²) in [6.45, 7) is 6.18. The Morgan fingerprint density at radius 2 is 2.00 bits per heavy atom. The van der Waals surface area contributed by atoms with Crippen molar-refractivity contribution in [2.45, 2.75) is 51.5 Å². The summed E-state index contributed by atoms with van der Waals surface area (Å²) in [6, 6.07) is 6.60. The first-order valence-corrected chi connectivity index (χ1v) is 7.03. The van der Waals surface area contributed by atoms with Crippen molar-refractivity contribution in [3.05, 3.63) is 35.6 Å². The summed E-state index contributed by atoms with van der Waals surface area (Å²) < 4.78 is 13.4. The van der Waals surface area contributed by atoms with Gasteiger partial charge in [0.05, 0.1) is 5.41 Å².